The van der Waals surface area contributed by atoms with E-state index in [4.69, 9.17) is 10.5 Å². The minimum Gasteiger partial charge on any atom is -0.383 e. The quantitative estimate of drug-likeness (QED) is 0.816. The highest BCUT2D eigenvalue weighted by molar-refractivity contribution is 5.55. The number of nitrogens with two attached hydrogens (primary N) is 1. The summed E-state index contributed by atoms with van der Waals surface area (Å²) >= 11 is 0. The van der Waals surface area contributed by atoms with Gasteiger partial charge in [-0.15, -0.1) is 0 Å². The van der Waals surface area contributed by atoms with Crippen molar-refractivity contribution in [1.82, 2.24) is 4.98 Å². The number of hydrogen-bond donors (Lipinski definition) is 1. The van der Waals surface area contributed by atoms with Gasteiger partial charge in [-0.25, -0.2) is 0 Å². The number of likely N-dealkylation sites (N-methyl/N-ethyl adjacent to an activating group) is 1. The summed E-state index contributed by atoms with van der Waals surface area (Å²) in [6.07, 6.45) is 0. The second kappa shape index (κ2) is 5.82. The first-order valence-corrected chi connectivity index (χ1v) is 5.47. The van der Waals surface area contributed by atoms with Crippen LogP contribution in [0.2, 0.25) is 0 Å². The van der Waals surface area contributed by atoms with Crippen molar-refractivity contribution in [3.8, 4) is 0 Å². The molecule has 4 nitrogen and oxygen atoms in total. The van der Waals surface area contributed by atoms with Gasteiger partial charge in [0.05, 0.1) is 6.61 Å². The molecule has 0 aromatic carbocycles. The van der Waals surface area contributed by atoms with Crippen LogP contribution in [0.15, 0.2) is 6.07 Å². The molecule has 4 heteroatoms. The molecule has 0 atom stereocenters. The van der Waals surface area contributed by atoms with Gasteiger partial charge in [0.2, 0.25) is 0 Å². The van der Waals surface area contributed by atoms with Crippen LogP contribution in [0.1, 0.15) is 17.0 Å². The Morgan fingerprint density at radius 2 is 2.12 bits per heavy atom. The summed E-state index contributed by atoms with van der Waals surface area (Å²) in [5.74, 6) is 0. The highest BCUT2D eigenvalue weighted by Crippen LogP contribution is 2.22. The second-order valence-electron chi connectivity index (χ2n) is 3.97. The summed E-state index contributed by atoms with van der Waals surface area (Å²) in [5.41, 5.74) is 10.1. The van der Waals surface area contributed by atoms with Gasteiger partial charge in [0.15, 0.2) is 0 Å². The zero-order chi connectivity index (χ0) is 12.1. The normalized spacial score (nSPS) is 10.6. The first-order valence-electron chi connectivity index (χ1n) is 5.47. The molecule has 0 aliphatic carbocycles. The summed E-state index contributed by atoms with van der Waals surface area (Å²) in [7, 11) is 3.76. The van der Waals surface area contributed by atoms with Crippen molar-refractivity contribution < 1.29 is 4.74 Å². The number of aryl methyl sites for hydroxylation is 2. The Morgan fingerprint density at radius 3 is 2.69 bits per heavy atom. The molecule has 0 saturated heterocycles. The fourth-order valence-electron chi connectivity index (χ4n) is 1.78. The summed E-state index contributed by atoms with van der Waals surface area (Å²) in [4.78, 5) is 6.59. The Kier molecular flexibility index (Phi) is 4.71. The van der Waals surface area contributed by atoms with Crippen molar-refractivity contribution >= 4 is 5.69 Å². The maximum Gasteiger partial charge on any atom is 0.0637 e. The predicted octanol–water partition coefficient (Wildman–Crippen LogP) is 1.24. The van der Waals surface area contributed by atoms with E-state index >= 15 is 0 Å². The molecule has 0 unspecified atom stereocenters. The van der Waals surface area contributed by atoms with E-state index in [-0.39, 0.29) is 0 Å². The zero-order valence-electron chi connectivity index (χ0n) is 10.6. The summed E-state index contributed by atoms with van der Waals surface area (Å²) in [6.45, 7) is 6.09. The molecule has 16 heavy (non-hydrogen) atoms. The van der Waals surface area contributed by atoms with Crippen LogP contribution < -0.4 is 10.6 Å². The van der Waals surface area contributed by atoms with Gasteiger partial charge < -0.3 is 15.4 Å². The number of hydrogen-bond acceptors (Lipinski definition) is 4. The fourth-order valence-corrected chi connectivity index (χ4v) is 1.78. The van der Waals surface area contributed by atoms with Gasteiger partial charge in [0, 0.05) is 49.9 Å². The molecule has 2 N–H and O–H groups in total. The molecule has 1 heterocycles. The molecule has 0 aliphatic rings. The molecule has 0 fully saturated rings. The largest absolute Gasteiger partial charge is 0.383 e. The van der Waals surface area contributed by atoms with Crippen molar-refractivity contribution in [3.05, 3.63) is 23.0 Å². The first-order chi connectivity index (χ1) is 7.60. The number of anilines is 1. The highest BCUT2D eigenvalue weighted by atomic mass is 16.5. The van der Waals surface area contributed by atoms with E-state index in [2.05, 4.69) is 16.0 Å². The van der Waals surface area contributed by atoms with Gasteiger partial charge >= 0.3 is 0 Å². The van der Waals surface area contributed by atoms with Gasteiger partial charge in [-0.3, -0.25) is 4.98 Å². The average Bonchev–Trinajstić information content (AvgIpc) is 2.24. The lowest BCUT2D eigenvalue weighted by Crippen LogP contribution is -2.24. The standard InChI is InChI=1S/C12H21N3O/c1-9-7-12(15(3)5-6-16-4)11(8-13)10(2)14-9/h7H,5-6,8,13H2,1-4H3. The molecule has 1 rings (SSSR count). The third-order valence-corrected chi connectivity index (χ3v) is 2.68. The predicted molar refractivity (Wildman–Crippen MR) is 66.7 cm³/mol. The molecule has 1 aromatic rings. The Hall–Kier alpha value is -1.13. The van der Waals surface area contributed by atoms with Crippen LogP contribution in [-0.2, 0) is 11.3 Å². The fraction of sp³-hybridized carbons (Fsp3) is 0.583. The van der Waals surface area contributed by atoms with Crippen LogP contribution in [0.25, 0.3) is 0 Å². The third kappa shape index (κ3) is 2.93. The first kappa shape index (κ1) is 12.9. The van der Waals surface area contributed by atoms with Crippen LogP contribution in [-0.4, -0.2) is 32.3 Å². The SMILES string of the molecule is COCCN(C)c1cc(C)nc(C)c1CN. The molecule has 0 saturated carbocycles. The summed E-state index contributed by atoms with van der Waals surface area (Å²) in [6, 6.07) is 2.07. The van der Waals surface area contributed by atoms with Crippen LogP contribution in [0.5, 0.6) is 0 Å². The van der Waals surface area contributed by atoms with E-state index < -0.39 is 0 Å². The minimum atomic E-state index is 0.520. The number of rotatable bonds is 5. The van der Waals surface area contributed by atoms with Gasteiger partial charge in [-0.2, -0.15) is 0 Å². The third-order valence-electron chi connectivity index (χ3n) is 2.68. The van der Waals surface area contributed by atoms with Gasteiger partial charge in [-0.1, -0.05) is 0 Å². The number of pyridine rings is 1. The molecule has 0 amide bonds. The number of aromatic nitrogens is 1. The van der Waals surface area contributed by atoms with Crippen LogP contribution in [0, 0.1) is 13.8 Å². The van der Waals surface area contributed by atoms with Crippen LogP contribution in [0.4, 0.5) is 5.69 Å². The van der Waals surface area contributed by atoms with Gasteiger partial charge in [0.25, 0.3) is 0 Å². The molecule has 90 valence electrons. The van der Waals surface area contributed by atoms with Crippen molar-refractivity contribution in [1.29, 1.82) is 0 Å². The molecule has 0 aliphatic heterocycles. The van der Waals surface area contributed by atoms with E-state index in [9.17, 15) is 0 Å². The van der Waals surface area contributed by atoms with Gasteiger partial charge in [-0.05, 0) is 19.9 Å². The zero-order valence-corrected chi connectivity index (χ0v) is 10.6. The van der Waals surface area contributed by atoms with E-state index in [1.54, 1.807) is 7.11 Å². The molecule has 0 spiro atoms. The van der Waals surface area contributed by atoms with E-state index in [0.29, 0.717) is 13.2 Å². The Balaban J connectivity index is 3.00. The van der Waals surface area contributed by atoms with Crippen molar-refractivity contribution in [2.24, 2.45) is 5.73 Å². The minimum absolute atomic E-state index is 0.520. The van der Waals surface area contributed by atoms with Crippen molar-refractivity contribution in [3.63, 3.8) is 0 Å². The number of ether oxygens (including phenoxy) is 1. The lowest BCUT2D eigenvalue weighted by molar-refractivity contribution is 0.206. The van der Waals surface area contributed by atoms with E-state index in [1.807, 2.05) is 20.9 Å². The van der Waals surface area contributed by atoms with Crippen LogP contribution in [0.3, 0.4) is 0 Å². The summed E-state index contributed by atoms with van der Waals surface area (Å²) in [5, 5.41) is 0. The maximum absolute atomic E-state index is 5.77. The number of methoxy groups -OCH3 is 1. The molecule has 0 radical (unpaired) electrons. The molecular formula is C12H21N3O. The lowest BCUT2D eigenvalue weighted by Gasteiger charge is -2.23. The summed E-state index contributed by atoms with van der Waals surface area (Å²) < 4.78 is 5.08. The van der Waals surface area contributed by atoms with Crippen LogP contribution >= 0.6 is 0 Å². The number of nitrogens with zero attached hydrogens (tertiary/aromatic N) is 2. The van der Waals surface area contributed by atoms with Crippen molar-refractivity contribution in [2.75, 3.05) is 32.2 Å². The topological polar surface area (TPSA) is 51.4 Å². The van der Waals surface area contributed by atoms with Crippen molar-refractivity contribution in [2.45, 2.75) is 20.4 Å². The smallest absolute Gasteiger partial charge is 0.0637 e. The molecular weight excluding hydrogens is 202 g/mol. The lowest BCUT2D eigenvalue weighted by atomic mass is 10.1. The average molecular weight is 223 g/mol. The second-order valence-corrected chi connectivity index (χ2v) is 3.97. The maximum atomic E-state index is 5.77. The Labute approximate surface area is 97.4 Å². The molecule has 0 bridgehead atoms. The highest BCUT2D eigenvalue weighted by Gasteiger charge is 2.10. The van der Waals surface area contributed by atoms with Gasteiger partial charge in [0.1, 0.15) is 0 Å². The van der Waals surface area contributed by atoms with E-state index in [0.717, 1.165) is 29.2 Å². The Bertz CT molecular complexity index is 352. The van der Waals surface area contributed by atoms with E-state index in [1.165, 1.54) is 0 Å². The molecule has 1 aromatic heterocycles. The monoisotopic (exact) mass is 223 g/mol. The Morgan fingerprint density at radius 1 is 1.44 bits per heavy atom.